The van der Waals surface area contributed by atoms with Crippen LogP contribution < -0.4 is 11.0 Å². The maximum absolute atomic E-state index is 10.8. The SMILES string of the molecule is O=C(NN[O-])c1ccncc1. The Bertz CT molecular complexity index is 237. The summed E-state index contributed by atoms with van der Waals surface area (Å²) in [4.78, 5) is 14.6. The molecule has 0 saturated carbocycles. The van der Waals surface area contributed by atoms with Crippen LogP contribution in [0.5, 0.6) is 0 Å². The Hall–Kier alpha value is -1.46. The number of amides is 1. The monoisotopic (exact) mass is 152 g/mol. The van der Waals surface area contributed by atoms with Crippen molar-refractivity contribution in [3.05, 3.63) is 35.3 Å². The first-order valence-corrected chi connectivity index (χ1v) is 2.92. The standard InChI is InChI=1S/C6H6N3O2/c10-6(8-9-11)5-1-3-7-4-2-5/h1-4,9H,(H,8,10)/q-1. The van der Waals surface area contributed by atoms with Gasteiger partial charge in [-0.15, -0.1) is 0 Å². The minimum Gasteiger partial charge on any atom is -0.770 e. The molecule has 1 aromatic heterocycles. The third-order valence-electron chi connectivity index (χ3n) is 1.11. The molecular formula is C6H6N3O2-. The van der Waals surface area contributed by atoms with Crippen LogP contribution in [0.3, 0.4) is 0 Å². The van der Waals surface area contributed by atoms with E-state index in [1.165, 1.54) is 30.1 Å². The fraction of sp³-hybridized carbons (Fsp3) is 0. The highest BCUT2D eigenvalue weighted by Crippen LogP contribution is 1.93. The van der Waals surface area contributed by atoms with Crippen LogP contribution in [0.25, 0.3) is 0 Å². The van der Waals surface area contributed by atoms with E-state index in [4.69, 9.17) is 0 Å². The zero-order valence-electron chi connectivity index (χ0n) is 5.57. The number of carbonyl (C=O) groups excluding carboxylic acids is 1. The molecule has 5 heteroatoms. The number of hydrogen-bond acceptors (Lipinski definition) is 4. The molecule has 0 aliphatic heterocycles. The van der Waals surface area contributed by atoms with Crippen molar-refractivity contribution in [3.63, 3.8) is 0 Å². The third-order valence-corrected chi connectivity index (χ3v) is 1.11. The van der Waals surface area contributed by atoms with E-state index in [2.05, 4.69) is 4.98 Å². The van der Waals surface area contributed by atoms with Gasteiger partial charge in [-0.2, -0.15) is 0 Å². The highest BCUT2D eigenvalue weighted by Gasteiger charge is 1.99. The topological polar surface area (TPSA) is 77.1 Å². The largest absolute Gasteiger partial charge is 0.770 e. The predicted molar refractivity (Wildman–Crippen MR) is 38.2 cm³/mol. The lowest BCUT2D eigenvalue weighted by Crippen LogP contribution is -2.32. The Kier molecular flexibility index (Phi) is 2.53. The van der Waals surface area contributed by atoms with Crippen LogP contribution in [0.1, 0.15) is 10.4 Å². The van der Waals surface area contributed by atoms with Gasteiger partial charge in [0.05, 0.1) is 0 Å². The first-order chi connectivity index (χ1) is 5.34. The number of aromatic nitrogens is 1. The van der Waals surface area contributed by atoms with E-state index >= 15 is 0 Å². The van der Waals surface area contributed by atoms with Gasteiger partial charge in [0.25, 0.3) is 5.91 Å². The van der Waals surface area contributed by atoms with Gasteiger partial charge in [0.2, 0.25) is 0 Å². The number of nitrogens with one attached hydrogen (secondary N) is 2. The molecule has 0 unspecified atom stereocenters. The molecule has 2 N–H and O–H groups in total. The molecule has 0 fully saturated rings. The summed E-state index contributed by atoms with van der Waals surface area (Å²) >= 11 is 0. The van der Waals surface area contributed by atoms with Gasteiger partial charge in [0.1, 0.15) is 0 Å². The van der Waals surface area contributed by atoms with Crippen molar-refractivity contribution in [2.24, 2.45) is 0 Å². The maximum Gasteiger partial charge on any atom is 0.264 e. The van der Waals surface area contributed by atoms with Crippen LogP contribution in [-0.4, -0.2) is 10.9 Å². The molecule has 11 heavy (non-hydrogen) atoms. The van der Waals surface area contributed by atoms with Gasteiger partial charge in [-0.1, -0.05) is 0 Å². The number of hydrazine groups is 1. The van der Waals surface area contributed by atoms with Gasteiger partial charge in [-0.05, 0) is 12.1 Å². The number of carbonyl (C=O) groups is 1. The van der Waals surface area contributed by atoms with Crippen molar-refractivity contribution in [3.8, 4) is 0 Å². The van der Waals surface area contributed by atoms with Gasteiger partial charge < -0.3 is 10.8 Å². The molecule has 0 atom stereocenters. The number of hydrogen-bond donors (Lipinski definition) is 2. The Balaban J connectivity index is 2.69. The molecule has 1 aromatic rings. The highest BCUT2D eigenvalue weighted by atomic mass is 16.5. The normalized spacial score (nSPS) is 9.18. The highest BCUT2D eigenvalue weighted by molar-refractivity contribution is 5.93. The second-order valence-electron chi connectivity index (χ2n) is 1.79. The van der Waals surface area contributed by atoms with Crippen molar-refractivity contribution < 1.29 is 4.79 Å². The van der Waals surface area contributed by atoms with E-state index in [-0.39, 0.29) is 0 Å². The number of rotatable bonds is 2. The summed E-state index contributed by atoms with van der Waals surface area (Å²) in [6.45, 7) is 0. The second-order valence-corrected chi connectivity index (χ2v) is 1.79. The molecule has 0 aliphatic carbocycles. The molecule has 0 bridgehead atoms. The second kappa shape index (κ2) is 3.65. The Morgan fingerprint density at radius 2 is 2.09 bits per heavy atom. The van der Waals surface area contributed by atoms with Gasteiger partial charge in [-0.3, -0.25) is 15.2 Å². The summed E-state index contributed by atoms with van der Waals surface area (Å²) in [5.74, 6) is -0.470. The van der Waals surface area contributed by atoms with Gasteiger partial charge in [-0.25, -0.2) is 0 Å². The Labute approximate surface area is 63.0 Å². The van der Waals surface area contributed by atoms with Crippen LogP contribution in [0.15, 0.2) is 24.5 Å². The molecule has 58 valence electrons. The van der Waals surface area contributed by atoms with Crippen LogP contribution >= 0.6 is 0 Å². The molecule has 0 radical (unpaired) electrons. The number of nitrogens with zero attached hydrogens (tertiary/aromatic N) is 1. The van der Waals surface area contributed by atoms with E-state index < -0.39 is 5.91 Å². The summed E-state index contributed by atoms with van der Waals surface area (Å²) in [5.41, 5.74) is 3.58. The predicted octanol–water partition coefficient (Wildman–Crippen LogP) is -0.186. The molecule has 1 amide bonds. The molecule has 0 aromatic carbocycles. The van der Waals surface area contributed by atoms with Crippen LogP contribution in [0.4, 0.5) is 0 Å². The Morgan fingerprint density at radius 1 is 1.45 bits per heavy atom. The first kappa shape index (κ1) is 7.64. The van der Waals surface area contributed by atoms with Crippen molar-refractivity contribution in [1.29, 1.82) is 0 Å². The van der Waals surface area contributed by atoms with Gasteiger partial charge >= 0.3 is 0 Å². The molecule has 1 heterocycles. The summed E-state index contributed by atoms with van der Waals surface area (Å²) < 4.78 is 0. The van der Waals surface area contributed by atoms with Crippen molar-refractivity contribution >= 4 is 5.91 Å². The summed E-state index contributed by atoms with van der Waals surface area (Å²) in [6.07, 6.45) is 2.94. The fourth-order valence-corrected chi connectivity index (χ4v) is 0.622. The zero-order valence-corrected chi connectivity index (χ0v) is 5.57. The van der Waals surface area contributed by atoms with E-state index in [9.17, 15) is 10.0 Å². The van der Waals surface area contributed by atoms with E-state index in [1.54, 1.807) is 0 Å². The van der Waals surface area contributed by atoms with Gasteiger partial charge in [0, 0.05) is 18.0 Å². The molecule has 0 spiro atoms. The summed E-state index contributed by atoms with van der Waals surface area (Å²) in [7, 11) is 0. The fourth-order valence-electron chi connectivity index (χ4n) is 0.622. The third kappa shape index (κ3) is 1.99. The Morgan fingerprint density at radius 3 is 2.64 bits per heavy atom. The average Bonchev–Trinajstić information content (AvgIpc) is 2.07. The van der Waals surface area contributed by atoms with Crippen molar-refractivity contribution in [2.45, 2.75) is 0 Å². The molecule has 0 saturated heterocycles. The van der Waals surface area contributed by atoms with E-state index in [0.717, 1.165) is 0 Å². The zero-order chi connectivity index (χ0) is 8.10. The summed E-state index contributed by atoms with van der Waals surface area (Å²) in [6, 6.07) is 3.01. The molecular weight excluding hydrogens is 146 g/mol. The lowest BCUT2D eigenvalue weighted by atomic mass is 10.3. The average molecular weight is 152 g/mol. The van der Waals surface area contributed by atoms with E-state index in [0.29, 0.717) is 5.56 Å². The van der Waals surface area contributed by atoms with Crippen LogP contribution in [0.2, 0.25) is 0 Å². The van der Waals surface area contributed by atoms with Gasteiger partial charge in [0.15, 0.2) is 0 Å². The molecule has 0 aliphatic rings. The van der Waals surface area contributed by atoms with Crippen LogP contribution in [-0.2, 0) is 0 Å². The quantitative estimate of drug-likeness (QED) is 0.576. The van der Waals surface area contributed by atoms with Crippen molar-refractivity contribution in [1.82, 2.24) is 16.0 Å². The van der Waals surface area contributed by atoms with Crippen molar-refractivity contribution in [2.75, 3.05) is 0 Å². The molecule has 1 rings (SSSR count). The lowest BCUT2D eigenvalue weighted by Gasteiger charge is -2.08. The maximum atomic E-state index is 10.8. The summed E-state index contributed by atoms with van der Waals surface area (Å²) in [5, 5.41) is 9.72. The van der Waals surface area contributed by atoms with Crippen LogP contribution in [0, 0.1) is 5.21 Å². The minimum atomic E-state index is -0.470. The minimum absolute atomic E-state index is 0.392. The van der Waals surface area contributed by atoms with E-state index in [1.807, 2.05) is 5.43 Å². The number of pyridine rings is 1. The lowest BCUT2D eigenvalue weighted by molar-refractivity contribution is 0.0941. The molecule has 5 nitrogen and oxygen atoms in total. The first-order valence-electron chi connectivity index (χ1n) is 2.92. The smallest absolute Gasteiger partial charge is 0.264 e.